The van der Waals surface area contributed by atoms with Crippen LogP contribution in [0.4, 0.5) is 0 Å². The lowest BCUT2D eigenvalue weighted by Gasteiger charge is -2.65. The highest BCUT2D eigenvalue weighted by Gasteiger charge is 2.67. The van der Waals surface area contributed by atoms with Gasteiger partial charge in [0.25, 0.3) is 5.91 Å². The first-order chi connectivity index (χ1) is 32.6. The number of carbonyl (C=O) groups excluding carboxylic acids is 4. The zero-order chi connectivity index (χ0) is 50.0. The molecule has 3 aromatic carbocycles. The Kier molecular flexibility index (Phi) is 15.3. The molecule has 4 amide bonds. The molecule has 3 aliphatic rings. The van der Waals surface area contributed by atoms with Gasteiger partial charge < -0.3 is 35.0 Å². The van der Waals surface area contributed by atoms with Gasteiger partial charge in [0.1, 0.15) is 36.6 Å². The molecule has 1 saturated carbocycles. The van der Waals surface area contributed by atoms with Gasteiger partial charge in [0.2, 0.25) is 17.7 Å². The molecule has 0 radical (unpaired) electrons. The van der Waals surface area contributed by atoms with Crippen molar-refractivity contribution in [2.75, 3.05) is 19.8 Å². The number of likely N-dealkylation sites (tertiary alicyclic amines) is 1. The van der Waals surface area contributed by atoms with Crippen LogP contribution in [-0.4, -0.2) is 93.6 Å². The molecule has 2 fully saturated rings. The predicted molar refractivity (Wildman–Crippen MR) is 266 cm³/mol. The minimum absolute atomic E-state index is 0.0201. The Morgan fingerprint density at radius 3 is 2.41 bits per heavy atom. The number of fused-ring (bicyclic) bond motifs is 1. The lowest BCUT2D eigenvalue weighted by atomic mass is 9.49. The summed E-state index contributed by atoms with van der Waals surface area (Å²) >= 11 is 7.86. The van der Waals surface area contributed by atoms with E-state index in [2.05, 4.69) is 61.2 Å². The summed E-state index contributed by atoms with van der Waals surface area (Å²) in [6, 6.07) is 18.6. The standard InChI is InChI=1S/C54H63ClN6O7S/c1-32(35-17-19-36(20-18-35)45-33(2)57-31-69-45)58-47(64)43-25-39(62)29-60(43)49(66)46(52(3,4)5)59-44(63)30-67-23-13-11-10-12-14-34-15-16-38-28-61(48(65)41(38)24-34)50-53(6,7)51(54(50,8)9)68-40-22-21-37(27-56)42(55)26-40/h15-22,24,26,31-32,39,43,46,50-51,62H,10-11,13,23,25,28-30H2,1-9H3,(H,58,64)(H,59,63)/t32-,39+,43?,46+,50-,51-/m0/s1. The van der Waals surface area contributed by atoms with E-state index in [4.69, 9.17) is 21.1 Å². The number of thiazole rings is 1. The number of β-amino-alcohol motifs (C(OH)–C–C–N with tert-alkyl or cyclic N) is 1. The molecular weight excluding hydrogens is 912 g/mol. The molecule has 2 aliphatic heterocycles. The number of aliphatic hydroxyl groups is 1. The number of aromatic nitrogens is 1. The van der Waals surface area contributed by atoms with E-state index in [-0.39, 0.29) is 60.4 Å². The first-order valence-electron chi connectivity index (χ1n) is 23.6. The summed E-state index contributed by atoms with van der Waals surface area (Å²) in [6.07, 6.45) is 0.998. The second-order valence-corrected chi connectivity index (χ2v) is 22.1. The number of aryl methyl sites for hydroxylation is 1. The van der Waals surface area contributed by atoms with Crippen molar-refractivity contribution in [1.82, 2.24) is 25.4 Å². The lowest BCUT2D eigenvalue weighted by molar-refractivity contribution is -0.199. The Morgan fingerprint density at radius 2 is 1.75 bits per heavy atom. The van der Waals surface area contributed by atoms with Crippen molar-refractivity contribution < 1.29 is 33.8 Å². The zero-order valence-corrected chi connectivity index (χ0v) is 42.5. The monoisotopic (exact) mass is 974 g/mol. The predicted octanol–water partition coefficient (Wildman–Crippen LogP) is 8.39. The summed E-state index contributed by atoms with van der Waals surface area (Å²) < 4.78 is 12.2. The number of carbonyl (C=O) groups is 4. The van der Waals surface area contributed by atoms with Crippen LogP contribution in [0, 0.1) is 46.3 Å². The highest BCUT2D eigenvalue weighted by molar-refractivity contribution is 7.13. The van der Waals surface area contributed by atoms with Gasteiger partial charge in [-0.25, -0.2) is 4.98 Å². The number of nitrogens with zero attached hydrogens (tertiary/aromatic N) is 4. The minimum atomic E-state index is -0.965. The van der Waals surface area contributed by atoms with E-state index in [0.717, 1.165) is 39.2 Å². The minimum Gasteiger partial charge on any atom is -0.489 e. The molecule has 4 atom stereocenters. The third-order valence-corrected chi connectivity index (χ3v) is 15.0. The number of nitrogens with one attached hydrogen (secondary N) is 2. The largest absolute Gasteiger partial charge is 0.489 e. The normalized spacial score (nSPS) is 21.0. The third kappa shape index (κ3) is 11.0. The van der Waals surface area contributed by atoms with Gasteiger partial charge in [0.05, 0.1) is 38.8 Å². The summed E-state index contributed by atoms with van der Waals surface area (Å²) in [4.78, 5) is 63.6. The van der Waals surface area contributed by atoms with Gasteiger partial charge in [-0.2, -0.15) is 5.26 Å². The van der Waals surface area contributed by atoms with Gasteiger partial charge >= 0.3 is 0 Å². The van der Waals surface area contributed by atoms with Crippen molar-refractivity contribution in [3.8, 4) is 34.1 Å². The molecule has 0 spiro atoms. The van der Waals surface area contributed by atoms with E-state index in [1.54, 1.807) is 29.5 Å². The van der Waals surface area contributed by atoms with Crippen LogP contribution >= 0.6 is 22.9 Å². The second-order valence-electron chi connectivity index (χ2n) is 20.8. The number of benzene rings is 3. The number of halogens is 1. The maximum absolute atomic E-state index is 14.1. The van der Waals surface area contributed by atoms with E-state index >= 15 is 0 Å². The summed E-state index contributed by atoms with van der Waals surface area (Å²) in [5.41, 5.74) is 6.06. The van der Waals surface area contributed by atoms with Crippen LogP contribution in [0.3, 0.4) is 0 Å². The number of nitriles is 1. The van der Waals surface area contributed by atoms with Crippen LogP contribution in [-0.2, 0) is 25.7 Å². The van der Waals surface area contributed by atoms with Crippen LogP contribution in [0.1, 0.15) is 125 Å². The first kappa shape index (κ1) is 51.1. The maximum Gasteiger partial charge on any atom is 0.254 e. The molecule has 1 aromatic heterocycles. The SMILES string of the molecule is Cc1ncsc1-c1ccc([C@H](C)NC(=O)C2C[C@@H](O)CN2C(=O)[C@@H](NC(=O)COCCCCC#Cc2ccc3c(c2)C(=O)N([C@H]2C(C)(C)[C@H](Oc4ccc(C#N)c(Cl)c4)C2(C)C)C3)C(C)(C)C)cc1. The summed E-state index contributed by atoms with van der Waals surface area (Å²) in [5.74, 6) is 5.72. The van der Waals surface area contributed by atoms with Crippen molar-refractivity contribution in [3.05, 3.63) is 105 Å². The molecule has 1 unspecified atom stereocenters. The molecule has 0 bridgehead atoms. The molecule has 15 heteroatoms. The first-order valence-corrected chi connectivity index (χ1v) is 24.8. The van der Waals surface area contributed by atoms with Crippen molar-refractivity contribution >= 4 is 46.6 Å². The average Bonchev–Trinajstić information content (AvgIpc) is 4.00. The molecule has 4 aromatic rings. The Hall–Kier alpha value is -5.77. The fourth-order valence-corrected chi connectivity index (χ4v) is 11.6. The third-order valence-electron chi connectivity index (χ3n) is 13.7. The molecule has 1 saturated heterocycles. The molecule has 364 valence electrons. The van der Waals surface area contributed by atoms with Crippen molar-refractivity contribution in [3.63, 3.8) is 0 Å². The van der Waals surface area contributed by atoms with Crippen LogP contribution < -0.4 is 15.4 Å². The molecule has 13 nitrogen and oxygen atoms in total. The number of hydrogen-bond acceptors (Lipinski definition) is 10. The van der Waals surface area contributed by atoms with Gasteiger partial charge in [-0.3, -0.25) is 19.2 Å². The van der Waals surface area contributed by atoms with Gasteiger partial charge in [-0.1, -0.05) is 102 Å². The van der Waals surface area contributed by atoms with Crippen molar-refractivity contribution in [1.29, 1.82) is 5.26 Å². The fraction of sp³-hybridized carbons (Fsp3) is 0.481. The molecule has 1 aliphatic carbocycles. The van der Waals surface area contributed by atoms with Crippen LogP contribution in [0.5, 0.6) is 5.75 Å². The quantitative estimate of drug-likeness (QED) is 0.0781. The van der Waals surface area contributed by atoms with E-state index in [1.165, 1.54) is 4.90 Å². The molecular formula is C54H63ClN6O7S. The Labute approximate surface area is 414 Å². The van der Waals surface area contributed by atoms with Crippen molar-refractivity contribution in [2.45, 2.75) is 131 Å². The summed E-state index contributed by atoms with van der Waals surface area (Å²) in [7, 11) is 0. The Morgan fingerprint density at radius 1 is 1.03 bits per heavy atom. The average molecular weight is 976 g/mol. The molecule has 3 heterocycles. The van der Waals surface area contributed by atoms with E-state index < -0.39 is 35.4 Å². The molecule has 3 N–H and O–H groups in total. The van der Waals surface area contributed by atoms with Gasteiger partial charge in [0, 0.05) is 66.6 Å². The highest BCUT2D eigenvalue weighted by atomic mass is 35.5. The van der Waals surface area contributed by atoms with Crippen LogP contribution in [0.2, 0.25) is 5.02 Å². The van der Waals surface area contributed by atoms with Crippen LogP contribution in [0.25, 0.3) is 10.4 Å². The maximum atomic E-state index is 14.1. The highest BCUT2D eigenvalue weighted by Crippen LogP contribution is 2.59. The topological polar surface area (TPSA) is 174 Å². The Bertz CT molecular complexity index is 2680. The lowest BCUT2D eigenvalue weighted by Crippen LogP contribution is -2.74. The smallest absolute Gasteiger partial charge is 0.254 e. The van der Waals surface area contributed by atoms with Gasteiger partial charge in [0.15, 0.2) is 0 Å². The Balaban J connectivity index is 0.850. The molecule has 69 heavy (non-hydrogen) atoms. The summed E-state index contributed by atoms with van der Waals surface area (Å²) in [5, 5.41) is 26.1. The fourth-order valence-electron chi connectivity index (χ4n) is 10.6. The van der Waals surface area contributed by atoms with Crippen LogP contribution in [0.15, 0.2) is 66.2 Å². The van der Waals surface area contributed by atoms with E-state index in [0.29, 0.717) is 47.9 Å². The number of amides is 4. The molecule has 7 rings (SSSR count). The summed E-state index contributed by atoms with van der Waals surface area (Å²) in [6.45, 7) is 18.4. The van der Waals surface area contributed by atoms with Crippen molar-refractivity contribution in [2.24, 2.45) is 16.2 Å². The van der Waals surface area contributed by atoms with E-state index in [9.17, 15) is 29.5 Å². The zero-order valence-electron chi connectivity index (χ0n) is 40.9. The van der Waals surface area contributed by atoms with Gasteiger partial charge in [-0.15, -0.1) is 11.3 Å². The van der Waals surface area contributed by atoms with E-state index in [1.807, 2.05) is 87.5 Å². The number of unbranched alkanes of at least 4 members (excludes halogenated alkanes) is 2. The number of aliphatic hydroxyl groups excluding tert-OH is 1. The number of ether oxygens (including phenoxy) is 2. The number of rotatable bonds is 15. The second kappa shape index (κ2) is 20.7. The number of hydrogen-bond donors (Lipinski definition) is 3. The van der Waals surface area contributed by atoms with Gasteiger partial charge in [-0.05, 0) is 73.1 Å².